The van der Waals surface area contributed by atoms with Gasteiger partial charge in [0.1, 0.15) is 0 Å². The van der Waals surface area contributed by atoms with Crippen LogP contribution in [0, 0.1) is 5.92 Å². The normalized spacial score (nSPS) is 17.9. The zero-order valence-corrected chi connectivity index (χ0v) is 15.5. The van der Waals surface area contributed by atoms with Crippen LogP contribution in [0.15, 0.2) is 42.6 Å². The topological polar surface area (TPSA) is 29.2 Å². The molecule has 0 spiro atoms. The largest absolute Gasteiger partial charge is 1.00 e. The Labute approximate surface area is 154 Å². The SMILES string of the molecule is [Br-].c1ccc(-c2cc(N3CCOCC3)n[n+](CC3CCC3)c2)cc1. The van der Waals surface area contributed by atoms with E-state index in [1.165, 1.54) is 30.4 Å². The Balaban J connectivity index is 0.00000169. The van der Waals surface area contributed by atoms with Crippen LogP contribution in [0.25, 0.3) is 11.1 Å². The van der Waals surface area contributed by atoms with E-state index in [1.807, 2.05) is 0 Å². The highest BCUT2D eigenvalue weighted by molar-refractivity contribution is 5.64. The number of halogens is 1. The second-order valence-corrected chi connectivity index (χ2v) is 6.57. The highest BCUT2D eigenvalue weighted by Gasteiger charge is 2.25. The van der Waals surface area contributed by atoms with Crippen LogP contribution in [0.2, 0.25) is 0 Å². The van der Waals surface area contributed by atoms with Crippen LogP contribution in [-0.2, 0) is 11.3 Å². The molecule has 0 amide bonds. The summed E-state index contributed by atoms with van der Waals surface area (Å²) >= 11 is 0. The van der Waals surface area contributed by atoms with E-state index in [-0.39, 0.29) is 17.0 Å². The van der Waals surface area contributed by atoms with E-state index in [9.17, 15) is 0 Å². The van der Waals surface area contributed by atoms with E-state index in [4.69, 9.17) is 9.84 Å². The third-order valence-electron chi connectivity index (χ3n) is 4.92. The third-order valence-corrected chi connectivity index (χ3v) is 4.92. The Bertz CT molecular complexity index is 655. The molecule has 4 nitrogen and oxygen atoms in total. The van der Waals surface area contributed by atoms with Crippen molar-refractivity contribution in [3.63, 3.8) is 0 Å². The molecule has 0 unspecified atom stereocenters. The minimum Gasteiger partial charge on any atom is -1.00 e. The molecule has 2 heterocycles. The molecule has 1 saturated carbocycles. The number of rotatable bonds is 4. The lowest BCUT2D eigenvalue weighted by atomic mass is 9.85. The summed E-state index contributed by atoms with van der Waals surface area (Å²) in [6, 6.07) is 12.8. The fourth-order valence-corrected chi connectivity index (χ4v) is 3.30. The molecule has 0 bridgehead atoms. The quantitative estimate of drug-likeness (QED) is 0.671. The van der Waals surface area contributed by atoms with E-state index in [0.717, 1.165) is 44.6 Å². The van der Waals surface area contributed by atoms with Crippen LogP contribution in [-0.4, -0.2) is 31.4 Å². The lowest BCUT2D eigenvalue weighted by molar-refractivity contribution is -0.759. The van der Waals surface area contributed by atoms with Gasteiger partial charge in [-0.3, -0.25) is 0 Å². The summed E-state index contributed by atoms with van der Waals surface area (Å²) in [4.78, 5) is 2.34. The molecule has 1 aliphatic carbocycles. The van der Waals surface area contributed by atoms with Gasteiger partial charge < -0.3 is 26.6 Å². The number of nitrogens with zero attached hydrogens (tertiary/aromatic N) is 3. The molecule has 0 atom stereocenters. The Morgan fingerprint density at radius 2 is 1.83 bits per heavy atom. The fraction of sp³-hybridized carbons (Fsp3) is 0.474. The first-order chi connectivity index (χ1) is 11.4. The summed E-state index contributed by atoms with van der Waals surface area (Å²) in [5.41, 5.74) is 2.51. The van der Waals surface area contributed by atoms with Gasteiger partial charge in [0.25, 0.3) is 0 Å². The molecule has 0 N–H and O–H groups in total. The van der Waals surface area contributed by atoms with Crippen molar-refractivity contribution >= 4 is 5.82 Å². The molecule has 2 fully saturated rings. The summed E-state index contributed by atoms with van der Waals surface area (Å²) < 4.78 is 7.64. The van der Waals surface area contributed by atoms with E-state index >= 15 is 0 Å². The highest BCUT2D eigenvalue weighted by atomic mass is 79.9. The summed E-state index contributed by atoms with van der Waals surface area (Å²) in [6.07, 6.45) is 6.27. The predicted octanol–water partition coefficient (Wildman–Crippen LogP) is -0.323. The number of hydrogen-bond donors (Lipinski definition) is 0. The molecule has 2 aliphatic rings. The maximum atomic E-state index is 5.48. The summed E-state index contributed by atoms with van der Waals surface area (Å²) in [6.45, 7) is 4.47. The van der Waals surface area contributed by atoms with Crippen molar-refractivity contribution in [3.8, 4) is 11.1 Å². The van der Waals surface area contributed by atoms with Gasteiger partial charge in [0.15, 0.2) is 12.4 Å². The van der Waals surface area contributed by atoms with Crippen LogP contribution in [0.3, 0.4) is 0 Å². The molecule has 5 heteroatoms. The maximum absolute atomic E-state index is 5.48. The van der Waals surface area contributed by atoms with E-state index in [2.05, 4.69) is 52.2 Å². The lowest BCUT2D eigenvalue weighted by Gasteiger charge is -2.27. The first kappa shape index (κ1) is 17.4. The average molecular weight is 390 g/mol. The smallest absolute Gasteiger partial charge is 0.204 e. The standard InChI is InChI=1S/C19H24N3O.BrH/c1-2-7-17(8-3-1)18-13-19(21-9-11-23-12-10-21)20-22(15-18)14-16-5-4-6-16;/h1-3,7-8,13,15-16H,4-6,9-12,14H2;1H/q+1;/p-1. The van der Waals surface area contributed by atoms with Gasteiger partial charge in [-0.25, -0.2) is 0 Å². The number of aromatic nitrogens is 2. The third kappa shape index (κ3) is 3.95. The second kappa shape index (κ2) is 8.08. The Morgan fingerprint density at radius 3 is 2.50 bits per heavy atom. The second-order valence-electron chi connectivity index (χ2n) is 6.57. The van der Waals surface area contributed by atoms with Crippen molar-refractivity contribution in [2.24, 2.45) is 5.92 Å². The molecule has 1 aromatic heterocycles. The Kier molecular flexibility index (Phi) is 5.85. The first-order valence-electron chi connectivity index (χ1n) is 8.68. The van der Waals surface area contributed by atoms with Gasteiger partial charge in [-0.1, -0.05) is 41.4 Å². The van der Waals surface area contributed by atoms with Gasteiger partial charge in [-0.2, -0.15) is 0 Å². The van der Waals surface area contributed by atoms with E-state index in [0.29, 0.717) is 0 Å². The van der Waals surface area contributed by atoms with Crippen LogP contribution < -0.4 is 26.6 Å². The molecule has 1 aromatic carbocycles. The summed E-state index contributed by atoms with van der Waals surface area (Å²) in [5.74, 6) is 1.88. The van der Waals surface area contributed by atoms with Crippen LogP contribution in [0.4, 0.5) is 5.82 Å². The average Bonchev–Trinajstić information content (AvgIpc) is 2.59. The van der Waals surface area contributed by atoms with Crippen molar-refractivity contribution in [2.75, 3.05) is 31.2 Å². The van der Waals surface area contributed by atoms with E-state index < -0.39 is 0 Å². The van der Waals surface area contributed by atoms with Gasteiger partial charge in [0.05, 0.1) is 18.8 Å². The zero-order valence-electron chi connectivity index (χ0n) is 13.9. The molecule has 2 aromatic rings. The van der Waals surface area contributed by atoms with Crippen molar-refractivity contribution in [2.45, 2.75) is 25.8 Å². The molecule has 1 aliphatic heterocycles. The van der Waals surface area contributed by atoms with E-state index in [1.54, 1.807) is 0 Å². The lowest BCUT2D eigenvalue weighted by Crippen LogP contribution is -3.00. The summed E-state index contributed by atoms with van der Waals surface area (Å²) in [5, 5.41) is 4.89. The Morgan fingerprint density at radius 1 is 1.08 bits per heavy atom. The number of ether oxygens (including phenoxy) is 1. The first-order valence-corrected chi connectivity index (χ1v) is 8.68. The van der Waals surface area contributed by atoms with Gasteiger partial charge in [-0.15, -0.1) is 0 Å². The molecule has 0 radical (unpaired) electrons. The van der Waals surface area contributed by atoms with Crippen molar-refractivity contribution in [1.29, 1.82) is 0 Å². The number of morpholine rings is 1. The predicted molar refractivity (Wildman–Crippen MR) is 90.2 cm³/mol. The van der Waals surface area contributed by atoms with Crippen LogP contribution >= 0.6 is 0 Å². The molecule has 4 rings (SSSR count). The Hall–Kier alpha value is -1.46. The van der Waals surface area contributed by atoms with Crippen molar-refractivity contribution in [3.05, 3.63) is 42.6 Å². The van der Waals surface area contributed by atoms with Crippen molar-refractivity contribution in [1.82, 2.24) is 5.10 Å². The summed E-state index contributed by atoms with van der Waals surface area (Å²) in [7, 11) is 0. The molecule has 1 saturated heterocycles. The highest BCUT2D eigenvalue weighted by Crippen LogP contribution is 2.27. The maximum Gasteiger partial charge on any atom is 0.204 e. The van der Waals surface area contributed by atoms with Gasteiger partial charge in [-0.05, 0) is 18.4 Å². The number of anilines is 1. The molecule has 128 valence electrons. The number of hydrogen-bond acceptors (Lipinski definition) is 3. The monoisotopic (exact) mass is 389 g/mol. The van der Waals surface area contributed by atoms with Crippen LogP contribution in [0.1, 0.15) is 19.3 Å². The molecule has 24 heavy (non-hydrogen) atoms. The zero-order chi connectivity index (χ0) is 15.5. The molecular formula is C19H24BrN3O. The number of benzene rings is 1. The van der Waals surface area contributed by atoms with Gasteiger partial charge in [0.2, 0.25) is 6.20 Å². The van der Waals surface area contributed by atoms with Gasteiger partial charge in [0, 0.05) is 30.2 Å². The van der Waals surface area contributed by atoms with Crippen LogP contribution in [0.5, 0.6) is 0 Å². The fourth-order valence-electron chi connectivity index (χ4n) is 3.30. The molecular weight excluding hydrogens is 366 g/mol. The van der Waals surface area contributed by atoms with Crippen molar-refractivity contribution < 1.29 is 26.4 Å². The minimum absolute atomic E-state index is 0. The van der Waals surface area contributed by atoms with Gasteiger partial charge >= 0.3 is 0 Å². The minimum atomic E-state index is 0.